The second-order valence-electron chi connectivity index (χ2n) is 8.33. The van der Waals surface area contributed by atoms with Crippen LogP contribution in [-0.4, -0.2) is 32.7 Å². The molecule has 4 atom stereocenters. The number of nitrogens with zero attached hydrogens (tertiary/aromatic N) is 1. The van der Waals surface area contributed by atoms with Crippen molar-refractivity contribution in [2.24, 2.45) is 5.92 Å². The van der Waals surface area contributed by atoms with Crippen LogP contribution in [0.5, 0.6) is 5.75 Å². The fourth-order valence-electron chi connectivity index (χ4n) is 4.94. The summed E-state index contributed by atoms with van der Waals surface area (Å²) >= 11 is 6.19. The number of carbonyl (C=O) groups is 1. The highest BCUT2D eigenvalue weighted by Crippen LogP contribution is 2.56. The van der Waals surface area contributed by atoms with Crippen molar-refractivity contribution < 1.29 is 9.53 Å². The Bertz CT molecular complexity index is 963. The molecule has 1 saturated carbocycles. The fourth-order valence-corrected chi connectivity index (χ4v) is 5.14. The number of methoxy groups -OCH3 is 1. The van der Waals surface area contributed by atoms with Gasteiger partial charge in [0.2, 0.25) is 5.91 Å². The van der Waals surface area contributed by atoms with Gasteiger partial charge in [-0.25, -0.2) is 0 Å². The van der Waals surface area contributed by atoms with Crippen LogP contribution in [0.4, 0.5) is 5.69 Å². The molecular weight excluding hydrogens is 386 g/mol. The molecule has 2 N–H and O–H groups in total. The van der Waals surface area contributed by atoms with Crippen LogP contribution < -0.4 is 20.3 Å². The smallest absolute Gasteiger partial charge is 0.230 e. The van der Waals surface area contributed by atoms with Crippen molar-refractivity contribution in [3.05, 3.63) is 58.1 Å². The third-order valence-electron chi connectivity index (χ3n) is 6.61. The second kappa shape index (κ2) is 7.31. The van der Waals surface area contributed by atoms with E-state index in [1.807, 2.05) is 30.1 Å². The summed E-state index contributed by atoms with van der Waals surface area (Å²) in [6, 6.07) is 12.9. The highest BCUT2D eigenvalue weighted by Gasteiger charge is 2.50. The Morgan fingerprint density at radius 1 is 1.28 bits per heavy atom. The molecule has 3 aliphatic rings. The van der Waals surface area contributed by atoms with Crippen LogP contribution in [-0.2, 0) is 11.3 Å². The van der Waals surface area contributed by atoms with Gasteiger partial charge in [-0.2, -0.15) is 0 Å². The highest BCUT2D eigenvalue weighted by molar-refractivity contribution is 6.30. The van der Waals surface area contributed by atoms with E-state index in [0.717, 1.165) is 41.4 Å². The molecule has 1 aliphatic carbocycles. The quantitative estimate of drug-likeness (QED) is 0.789. The number of hydrogen-bond donors (Lipinski definition) is 2. The second-order valence-corrected chi connectivity index (χ2v) is 8.77. The molecule has 2 heterocycles. The van der Waals surface area contributed by atoms with Crippen molar-refractivity contribution in [1.29, 1.82) is 0 Å². The number of hydrogen-bond acceptors (Lipinski definition) is 4. The maximum Gasteiger partial charge on any atom is 0.230 e. The van der Waals surface area contributed by atoms with E-state index in [4.69, 9.17) is 16.3 Å². The normalized spacial score (nSPS) is 27.6. The van der Waals surface area contributed by atoms with Crippen molar-refractivity contribution in [1.82, 2.24) is 10.6 Å². The van der Waals surface area contributed by atoms with Crippen molar-refractivity contribution in [3.8, 4) is 5.75 Å². The molecule has 5 rings (SSSR count). The zero-order valence-corrected chi connectivity index (χ0v) is 17.5. The van der Waals surface area contributed by atoms with E-state index in [2.05, 4.69) is 28.8 Å². The maximum absolute atomic E-state index is 12.4. The van der Waals surface area contributed by atoms with Gasteiger partial charge in [-0.3, -0.25) is 4.79 Å². The average Bonchev–Trinajstić information content (AvgIpc) is 3.40. The van der Waals surface area contributed by atoms with Gasteiger partial charge < -0.3 is 20.3 Å². The van der Waals surface area contributed by atoms with Gasteiger partial charge in [-0.15, -0.1) is 0 Å². The minimum absolute atomic E-state index is 0.171. The van der Waals surface area contributed by atoms with E-state index in [9.17, 15) is 4.79 Å². The van der Waals surface area contributed by atoms with Crippen LogP contribution in [0.25, 0.3) is 0 Å². The van der Waals surface area contributed by atoms with Crippen molar-refractivity contribution in [2.45, 2.75) is 37.4 Å². The summed E-state index contributed by atoms with van der Waals surface area (Å²) in [4.78, 5) is 14.3. The number of halogens is 1. The van der Waals surface area contributed by atoms with Gasteiger partial charge in [-0.05, 0) is 60.7 Å². The zero-order valence-electron chi connectivity index (χ0n) is 16.7. The number of anilines is 1. The third kappa shape index (κ3) is 3.31. The molecule has 2 fully saturated rings. The molecule has 152 valence electrons. The predicted octanol–water partition coefficient (Wildman–Crippen LogP) is 3.62. The van der Waals surface area contributed by atoms with E-state index in [1.54, 1.807) is 7.11 Å². The first-order valence-corrected chi connectivity index (χ1v) is 10.6. The first-order chi connectivity index (χ1) is 14.1. The molecule has 0 aromatic heterocycles. The summed E-state index contributed by atoms with van der Waals surface area (Å²) in [5.41, 5.74) is 4.57. The van der Waals surface area contributed by atoms with Crippen LogP contribution in [0.15, 0.2) is 36.4 Å². The lowest BCUT2D eigenvalue weighted by atomic mass is 9.97. The SMILES string of the molecule is COc1cc2c(cc1CNC1CCNC1c1cccc(Cl)c1)N(C)C(=O)[C@H]1C[C@H]21. The minimum Gasteiger partial charge on any atom is -0.496 e. The lowest BCUT2D eigenvalue weighted by Crippen LogP contribution is -2.34. The molecule has 1 amide bonds. The third-order valence-corrected chi connectivity index (χ3v) is 6.85. The van der Waals surface area contributed by atoms with E-state index in [0.29, 0.717) is 18.5 Å². The van der Waals surface area contributed by atoms with E-state index in [1.165, 1.54) is 11.1 Å². The summed E-state index contributed by atoms with van der Waals surface area (Å²) in [5.74, 6) is 1.68. The number of carbonyl (C=O) groups excluding carboxylic acids is 1. The lowest BCUT2D eigenvalue weighted by Gasteiger charge is -2.28. The largest absolute Gasteiger partial charge is 0.496 e. The number of fused-ring (bicyclic) bond motifs is 3. The molecule has 2 aromatic carbocycles. The molecular formula is C23H26ClN3O2. The monoisotopic (exact) mass is 411 g/mol. The number of rotatable bonds is 5. The first-order valence-electron chi connectivity index (χ1n) is 10.3. The Morgan fingerprint density at radius 3 is 2.93 bits per heavy atom. The zero-order chi connectivity index (χ0) is 20.1. The molecule has 1 saturated heterocycles. The summed E-state index contributed by atoms with van der Waals surface area (Å²) in [7, 11) is 3.61. The fraction of sp³-hybridized carbons (Fsp3) is 0.435. The van der Waals surface area contributed by atoms with Crippen molar-refractivity contribution >= 4 is 23.2 Å². The number of ether oxygens (including phenoxy) is 1. The molecule has 0 spiro atoms. The summed E-state index contributed by atoms with van der Waals surface area (Å²) in [6.45, 7) is 1.66. The van der Waals surface area contributed by atoms with Crippen LogP contribution in [0.3, 0.4) is 0 Å². The predicted molar refractivity (Wildman–Crippen MR) is 115 cm³/mol. The van der Waals surface area contributed by atoms with E-state index < -0.39 is 0 Å². The lowest BCUT2D eigenvalue weighted by molar-refractivity contribution is -0.119. The van der Waals surface area contributed by atoms with Gasteiger partial charge in [0.05, 0.1) is 7.11 Å². The molecule has 5 nitrogen and oxygen atoms in total. The number of nitrogens with one attached hydrogen (secondary N) is 2. The van der Waals surface area contributed by atoms with Gasteiger partial charge >= 0.3 is 0 Å². The summed E-state index contributed by atoms with van der Waals surface area (Å²) < 4.78 is 5.71. The van der Waals surface area contributed by atoms with Gasteiger partial charge in [0.25, 0.3) is 0 Å². The topological polar surface area (TPSA) is 53.6 Å². The number of amides is 1. The Labute approximate surface area is 176 Å². The van der Waals surface area contributed by atoms with Crippen LogP contribution >= 0.6 is 11.6 Å². The maximum atomic E-state index is 12.4. The highest BCUT2D eigenvalue weighted by atomic mass is 35.5. The van der Waals surface area contributed by atoms with Crippen LogP contribution in [0.1, 0.15) is 41.5 Å². The standard InChI is InChI=1S/C23H26ClN3O2/c1-27-20-9-14(21(29-2)11-17(20)16-10-18(16)23(27)28)12-26-19-6-7-25-22(19)13-4-3-5-15(24)8-13/h3-5,8-9,11,16,18-19,22,25-26H,6-7,10,12H2,1-2H3/t16-,18+,19?,22?/m1/s1. The molecule has 0 radical (unpaired) electrons. The molecule has 2 unspecified atom stereocenters. The van der Waals surface area contributed by atoms with Gasteiger partial charge in [0.1, 0.15) is 5.75 Å². The van der Waals surface area contributed by atoms with Gasteiger partial charge in [0, 0.05) is 47.9 Å². The average molecular weight is 412 g/mol. The van der Waals surface area contributed by atoms with E-state index >= 15 is 0 Å². The first kappa shape index (κ1) is 18.9. The Balaban J connectivity index is 1.37. The van der Waals surface area contributed by atoms with Crippen molar-refractivity contribution in [3.63, 3.8) is 0 Å². The molecule has 6 heteroatoms. The van der Waals surface area contributed by atoms with Gasteiger partial charge in [-0.1, -0.05) is 23.7 Å². The van der Waals surface area contributed by atoms with Crippen LogP contribution in [0.2, 0.25) is 5.02 Å². The summed E-state index contributed by atoms with van der Waals surface area (Å²) in [6.07, 6.45) is 2.01. The Morgan fingerprint density at radius 2 is 2.14 bits per heavy atom. The van der Waals surface area contributed by atoms with Gasteiger partial charge in [0.15, 0.2) is 0 Å². The van der Waals surface area contributed by atoms with Crippen molar-refractivity contribution in [2.75, 3.05) is 25.6 Å². The number of benzene rings is 2. The molecule has 0 bridgehead atoms. The van der Waals surface area contributed by atoms with Crippen LogP contribution in [0, 0.1) is 5.92 Å². The molecule has 2 aromatic rings. The Hall–Kier alpha value is -2.08. The molecule has 2 aliphatic heterocycles. The minimum atomic E-state index is 0.171. The Kier molecular flexibility index (Phi) is 4.77. The van der Waals surface area contributed by atoms with E-state index in [-0.39, 0.29) is 17.9 Å². The molecule has 29 heavy (non-hydrogen) atoms. The summed E-state index contributed by atoms with van der Waals surface area (Å²) in [5, 5.41) is 8.05.